The number of halogens is 1. The summed E-state index contributed by atoms with van der Waals surface area (Å²) in [5.74, 6) is 1.45. The highest BCUT2D eigenvalue weighted by molar-refractivity contribution is 6.20. The number of methoxy groups -OCH3 is 2. The molecule has 1 atom stereocenters. The van der Waals surface area contributed by atoms with Gasteiger partial charge >= 0.3 is 0 Å². The molecule has 1 aromatic heterocycles. The molecule has 0 amide bonds. The molecule has 0 spiro atoms. The van der Waals surface area contributed by atoms with E-state index in [2.05, 4.69) is 9.97 Å². The third kappa shape index (κ3) is 2.13. The van der Waals surface area contributed by atoms with Gasteiger partial charge in [-0.3, -0.25) is 4.79 Å². The number of H-pyrrole nitrogens is 1. The summed E-state index contributed by atoms with van der Waals surface area (Å²) in [4.78, 5) is 18.9. The summed E-state index contributed by atoms with van der Waals surface area (Å²) in [6, 6.07) is 3.26. The van der Waals surface area contributed by atoms with Crippen LogP contribution in [0.4, 0.5) is 0 Å². The van der Waals surface area contributed by atoms with Gasteiger partial charge < -0.3 is 14.5 Å². The molecule has 0 radical (unpaired) electrons. The highest BCUT2D eigenvalue weighted by Crippen LogP contribution is 2.30. The zero-order valence-corrected chi connectivity index (χ0v) is 11.0. The Hall–Kier alpha value is -1.75. The Morgan fingerprint density at radius 2 is 1.89 bits per heavy atom. The van der Waals surface area contributed by atoms with E-state index in [4.69, 9.17) is 21.1 Å². The molecule has 96 valence electrons. The maximum absolute atomic E-state index is 11.9. The molecule has 2 rings (SSSR count). The molecule has 2 aromatic rings. The molecule has 0 aliphatic carbocycles. The number of ether oxygens (including phenoxy) is 2. The van der Waals surface area contributed by atoms with Gasteiger partial charge in [0, 0.05) is 6.07 Å². The number of hydrogen-bond donors (Lipinski definition) is 1. The average molecular weight is 269 g/mol. The maximum Gasteiger partial charge on any atom is 0.258 e. The van der Waals surface area contributed by atoms with Crippen molar-refractivity contribution in [1.82, 2.24) is 9.97 Å². The maximum atomic E-state index is 11.9. The lowest BCUT2D eigenvalue weighted by Crippen LogP contribution is -2.12. The van der Waals surface area contributed by atoms with Gasteiger partial charge in [0.15, 0.2) is 11.5 Å². The summed E-state index contributed by atoms with van der Waals surface area (Å²) in [5, 5.41) is 0.0731. The van der Waals surface area contributed by atoms with Crippen molar-refractivity contribution in [1.29, 1.82) is 0 Å². The Morgan fingerprint density at radius 3 is 2.44 bits per heavy atom. The Balaban J connectivity index is 2.76. The Labute approximate surface area is 109 Å². The van der Waals surface area contributed by atoms with Crippen LogP contribution in [0, 0.1) is 0 Å². The molecule has 6 heteroatoms. The fraction of sp³-hybridized carbons (Fsp3) is 0.333. The van der Waals surface area contributed by atoms with Crippen molar-refractivity contribution in [2.75, 3.05) is 14.2 Å². The largest absolute Gasteiger partial charge is 0.493 e. The summed E-state index contributed by atoms with van der Waals surface area (Å²) in [6.07, 6.45) is 0. The van der Waals surface area contributed by atoms with Crippen LogP contribution < -0.4 is 15.0 Å². The SMILES string of the molecule is COc1cc2nc(C(C)Cl)[nH]c(=O)c2cc1OC. The van der Waals surface area contributed by atoms with Crippen molar-refractivity contribution in [3.8, 4) is 11.5 Å². The fourth-order valence-electron chi connectivity index (χ4n) is 1.67. The number of aromatic amines is 1. The van der Waals surface area contributed by atoms with Crippen molar-refractivity contribution < 1.29 is 9.47 Å². The lowest BCUT2D eigenvalue weighted by Gasteiger charge is -2.09. The summed E-state index contributed by atoms with van der Waals surface area (Å²) in [7, 11) is 3.04. The van der Waals surface area contributed by atoms with Crippen LogP contribution in [-0.2, 0) is 0 Å². The fourth-order valence-corrected chi connectivity index (χ4v) is 1.78. The lowest BCUT2D eigenvalue weighted by molar-refractivity contribution is 0.355. The van der Waals surface area contributed by atoms with E-state index in [0.29, 0.717) is 28.2 Å². The number of alkyl halides is 1. The molecule has 0 fully saturated rings. The number of hydrogen-bond acceptors (Lipinski definition) is 4. The third-order valence-corrected chi connectivity index (χ3v) is 2.81. The number of aromatic nitrogens is 2. The summed E-state index contributed by atoms with van der Waals surface area (Å²) < 4.78 is 10.3. The second kappa shape index (κ2) is 4.86. The van der Waals surface area contributed by atoms with Gasteiger partial charge in [-0.15, -0.1) is 11.6 Å². The van der Waals surface area contributed by atoms with Crippen LogP contribution in [0.2, 0.25) is 0 Å². The second-order valence-corrected chi connectivity index (χ2v) is 4.45. The van der Waals surface area contributed by atoms with E-state index < -0.39 is 0 Å². The molecule has 0 bridgehead atoms. The minimum atomic E-state index is -0.366. The number of nitrogens with zero attached hydrogens (tertiary/aromatic N) is 1. The molecule has 0 aliphatic rings. The van der Waals surface area contributed by atoms with Crippen LogP contribution in [-0.4, -0.2) is 24.2 Å². The first-order valence-corrected chi connectivity index (χ1v) is 5.80. The van der Waals surface area contributed by atoms with Crippen LogP contribution in [0.5, 0.6) is 11.5 Å². The van der Waals surface area contributed by atoms with Crippen molar-refractivity contribution >= 4 is 22.5 Å². The topological polar surface area (TPSA) is 64.2 Å². The van der Waals surface area contributed by atoms with Gasteiger partial charge in [0.1, 0.15) is 5.82 Å². The second-order valence-electron chi connectivity index (χ2n) is 3.79. The Kier molecular flexibility index (Phi) is 3.43. The molecular weight excluding hydrogens is 256 g/mol. The van der Waals surface area contributed by atoms with E-state index in [1.807, 2.05) is 0 Å². The van der Waals surface area contributed by atoms with Crippen LogP contribution in [0.1, 0.15) is 18.1 Å². The van der Waals surface area contributed by atoms with Gasteiger partial charge in [-0.05, 0) is 13.0 Å². The molecule has 0 saturated carbocycles. The van der Waals surface area contributed by atoms with Gasteiger partial charge in [0.2, 0.25) is 0 Å². The molecule has 0 saturated heterocycles. The van der Waals surface area contributed by atoms with E-state index in [0.717, 1.165) is 0 Å². The zero-order chi connectivity index (χ0) is 13.3. The molecule has 0 aliphatic heterocycles. The first kappa shape index (κ1) is 12.7. The summed E-state index contributed by atoms with van der Waals surface area (Å²) in [5.41, 5.74) is 0.280. The van der Waals surface area contributed by atoms with E-state index >= 15 is 0 Å². The van der Waals surface area contributed by atoms with Crippen LogP contribution >= 0.6 is 11.6 Å². The zero-order valence-electron chi connectivity index (χ0n) is 10.3. The number of fused-ring (bicyclic) bond motifs is 1. The first-order valence-electron chi connectivity index (χ1n) is 5.37. The quantitative estimate of drug-likeness (QED) is 0.867. The number of rotatable bonds is 3. The predicted octanol–water partition coefficient (Wildman–Crippen LogP) is 2.24. The minimum absolute atomic E-state index is 0.247. The van der Waals surface area contributed by atoms with Gasteiger partial charge in [0.05, 0.1) is 30.5 Å². The normalized spacial score (nSPS) is 12.4. The van der Waals surface area contributed by atoms with E-state index in [1.165, 1.54) is 14.2 Å². The van der Waals surface area contributed by atoms with Gasteiger partial charge in [-0.1, -0.05) is 0 Å². The lowest BCUT2D eigenvalue weighted by atomic mass is 10.2. The van der Waals surface area contributed by atoms with Crippen molar-refractivity contribution in [2.24, 2.45) is 0 Å². The highest BCUT2D eigenvalue weighted by Gasteiger charge is 2.12. The first-order chi connectivity index (χ1) is 8.56. The predicted molar refractivity (Wildman–Crippen MR) is 69.7 cm³/mol. The molecule has 1 N–H and O–H groups in total. The van der Waals surface area contributed by atoms with Crippen LogP contribution in [0.3, 0.4) is 0 Å². The van der Waals surface area contributed by atoms with Crippen molar-refractivity contribution in [2.45, 2.75) is 12.3 Å². The van der Waals surface area contributed by atoms with E-state index in [1.54, 1.807) is 19.1 Å². The Bertz CT molecular complexity index is 637. The summed E-state index contributed by atoms with van der Waals surface area (Å²) in [6.45, 7) is 1.74. The van der Waals surface area contributed by atoms with Gasteiger partial charge in [0.25, 0.3) is 5.56 Å². The van der Waals surface area contributed by atoms with E-state index in [-0.39, 0.29) is 10.9 Å². The minimum Gasteiger partial charge on any atom is -0.493 e. The number of benzene rings is 1. The molecular formula is C12H13ClN2O3. The van der Waals surface area contributed by atoms with Crippen LogP contribution in [0.25, 0.3) is 10.9 Å². The molecule has 1 aromatic carbocycles. The molecule has 5 nitrogen and oxygen atoms in total. The molecule has 1 heterocycles. The molecule has 18 heavy (non-hydrogen) atoms. The van der Waals surface area contributed by atoms with Crippen molar-refractivity contribution in [3.05, 3.63) is 28.3 Å². The van der Waals surface area contributed by atoms with Crippen LogP contribution in [0.15, 0.2) is 16.9 Å². The standard InChI is InChI=1S/C12H13ClN2O3/c1-6(13)11-14-8-5-10(18-3)9(17-2)4-7(8)12(16)15-11/h4-6H,1-3H3,(H,14,15,16). The van der Waals surface area contributed by atoms with Gasteiger partial charge in [-0.2, -0.15) is 0 Å². The highest BCUT2D eigenvalue weighted by atomic mass is 35.5. The molecule has 1 unspecified atom stereocenters. The monoisotopic (exact) mass is 268 g/mol. The third-order valence-electron chi connectivity index (χ3n) is 2.61. The smallest absolute Gasteiger partial charge is 0.258 e. The van der Waals surface area contributed by atoms with Gasteiger partial charge in [-0.25, -0.2) is 4.98 Å². The van der Waals surface area contributed by atoms with Crippen molar-refractivity contribution in [3.63, 3.8) is 0 Å². The van der Waals surface area contributed by atoms with E-state index in [9.17, 15) is 4.79 Å². The summed E-state index contributed by atoms with van der Waals surface area (Å²) >= 11 is 5.92. The number of nitrogens with one attached hydrogen (secondary N) is 1. The Morgan fingerprint density at radius 1 is 1.28 bits per heavy atom. The average Bonchev–Trinajstić information content (AvgIpc) is 2.36.